The van der Waals surface area contributed by atoms with E-state index in [4.69, 9.17) is 4.74 Å². The van der Waals surface area contributed by atoms with Crippen molar-refractivity contribution in [3.8, 4) is 0 Å². The molecule has 8 aliphatic carbocycles. The number of fused-ring (bicyclic) bond motifs is 10. The molecule has 16 atom stereocenters. The highest BCUT2D eigenvalue weighted by molar-refractivity contribution is 6.81. The largest absolute Gasteiger partial charge is 0.376 e. The smallest absolute Gasteiger partial charge is 0.0598 e. The first-order valence-corrected chi connectivity index (χ1v) is 29.9. The number of hydrogen-bond acceptors (Lipinski definition) is 2. The van der Waals surface area contributed by atoms with Crippen LogP contribution in [0.2, 0.25) is 23.7 Å². The molecule has 9 aliphatic rings. The topological polar surface area (TPSA) is 12.5 Å². The summed E-state index contributed by atoms with van der Waals surface area (Å²) >= 11 is 0. The predicted molar refractivity (Wildman–Crippen MR) is 254 cm³/mol. The zero-order valence-electron chi connectivity index (χ0n) is 41.6. The standard InChI is InChI=1S/C56H99NOSi/c1-52(2,3)58-30-20-14-15-21-31-59(13,51-37-23-17-16-22-36(37)49-48(51)38-24-18-19-25-47(38)57(49)12)50-41-34-45-43(53(4,5)26-28-55(45,8)9)32-39(41)40-33-44-46(35-42(40)50)56(10,11)29-27-54(44,6)7/h36-51H,14-35H2,1-13H3. The monoisotopic (exact) mass is 830 g/mol. The van der Waals surface area contributed by atoms with Crippen LogP contribution in [0, 0.1) is 92.7 Å². The number of unbranched alkanes of at least 4 members (excludes halogenated alkanes) is 3. The van der Waals surface area contributed by atoms with E-state index in [0.717, 1.165) is 101 Å². The fourth-order valence-electron chi connectivity index (χ4n) is 20.2. The van der Waals surface area contributed by atoms with Crippen molar-refractivity contribution in [2.24, 2.45) is 92.7 Å². The number of ether oxygens (including phenoxy) is 1. The summed E-state index contributed by atoms with van der Waals surface area (Å²) in [5, 5.41) is 0. The van der Waals surface area contributed by atoms with Gasteiger partial charge in [0.2, 0.25) is 0 Å². The SMILES string of the molecule is CN1C2CCCCC2C2C1C1CCCCC1C2[Si](C)(CCCCCCOC(C)(C)C)C1C2CC3C(CC2C2CC4C(CC21)C(C)(C)CCC4(C)C)C(C)(C)CCC3(C)C. The summed E-state index contributed by atoms with van der Waals surface area (Å²) in [6.07, 6.45) is 30.2. The van der Waals surface area contributed by atoms with Gasteiger partial charge in [-0.05, 0) is 209 Å². The zero-order chi connectivity index (χ0) is 42.1. The molecule has 338 valence electrons. The highest BCUT2D eigenvalue weighted by Gasteiger charge is 2.71. The highest BCUT2D eigenvalue weighted by Crippen LogP contribution is 2.76. The minimum Gasteiger partial charge on any atom is -0.376 e. The van der Waals surface area contributed by atoms with Crippen LogP contribution in [0.25, 0.3) is 0 Å². The molecular weight excluding hydrogens is 731 g/mol. The Hall–Kier alpha value is 0.137. The molecular formula is C56H99NOSi. The van der Waals surface area contributed by atoms with Gasteiger partial charge < -0.3 is 4.74 Å². The molecule has 0 spiro atoms. The zero-order valence-corrected chi connectivity index (χ0v) is 42.6. The number of nitrogens with zero attached hydrogens (tertiary/aromatic N) is 1. The van der Waals surface area contributed by atoms with Crippen LogP contribution in [-0.4, -0.2) is 44.3 Å². The lowest BCUT2D eigenvalue weighted by Gasteiger charge is -2.59. The van der Waals surface area contributed by atoms with E-state index in [9.17, 15) is 0 Å². The van der Waals surface area contributed by atoms with E-state index in [1.54, 1.807) is 51.0 Å². The average Bonchev–Trinajstić information content (AvgIpc) is 3.79. The molecule has 9 rings (SSSR count). The third-order valence-electron chi connectivity index (χ3n) is 23.0. The molecule has 0 radical (unpaired) electrons. The third kappa shape index (κ3) is 7.52. The van der Waals surface area contributed by atoms with E-state index in [0.29, 0.717) is 21.7 Å². The van der Waals surface area contributed by atoms with Crippen molar-refractivity contribution in [3.05, 3.63) is 0 Å². The summed E-state index contributed by atoms with van der Waals surface area (Å²) in [5.74, 6) is 11.9. The molecule has 0 amide bonds. The van der Waals surface area contributed by atoms with Crippen LogP contribution in [0.3, 0.4) is 0 Å². The lowest BCUT2D eigenvalue weighted by atomic mass is 9.46. The number of hydrogen-bond donors (Lipinski definition) is 0. The van der Waals surface area contributed by atoms with Crippen LogP contribution in [-0.2, 0) is 4.74 Å². The van der Waals surface area contributed by atoms with Gasteiger partial charge in [0.15, 0.2) is 0 Å². The van der Waals surface area contributed by atoms with Gasteiger partial charge in [0, 0.05) is 18.7 Å². The molecule has 1 saturated heterocycles. The van der Waals surface area contributed by atoms with Gasteiger partial charge in [-0.3, -0.25) is 4.90 Å². The van der Waals surface area contributed by atoms with Gasteiger partial charge in [0.1, 0.15) is 0 Å². The van der Waals surface area contributed by atoms with E-state index in [2.05, 4.69) is 94.7 Å². The Morgan fingerprint density at radius 1 is 0.525 bits per heavy atom. The summed E-state index contributed by atoms with van der Waals surface area (Å²) in [6.45, 7) is 32.8. The summed E-state index contributed by atoms with van der Waals surface area (Å²) in [7, 11) is 0.838. The fourth-order valence-corrected chi connectivity index (χ4v) is 27.8. The van der Waals surface area contributed by atoms with Crippen LogP contribution < -0.4 is 0 Å². The third-order valence-corrected chi connectivity index (χ3v) is 29.2. The maximum absolute atomic E-state index is 6.28. The Morgan fingerprint density at radius 3 is 1.47 bits per heavy atom. The molecule has 1 heterocycles. The predicted octanol–water partition coefficient (Wildman–Crippen LogP) is 15.7. The summed E-state index contributed by atoms with van der Waals surface area (Å²) in [4.78, 5) is 3.12. The fraction of sp³-hybridized carbons (Fsp3) is 1.00. The Kier molecular flexibility index (Phi) is 11.8. The highest BCUT2D eigenvalue weighted by atomic mass is 28.3. The van der Waals surface area contributed by atoms with Gasteiger partial charge >= 0.3 is 0 Å². The van der Waals surface area contributed by atoms with Crippen LogP contribution in [0.4, 0.5) is 0 Å². The van der Waals surface area contributed by atoms with Crippen molar-refractivity contribution in [1.29, 1.82) is 0 Å². The normalized spacial score (nSPS) is 47.7. The first-order chi connectivity index (χ1) is 27.7. The van der Waals surface area contributed by atoms with Crippen molar-refractivity contribution >= 4 is 8.07 Å². The van der Waals surface area contributed by atoms with Gasteiger partial charge in [-0.2, -0.15) is 0 Å². The van der Waals surface area contributed by atoms with E-state index in [-0.39, 0.29) is 5.60 Å². The van der Waals surface area contributed by atoms with Crippen molar-refractivity contribution in [2.75, 3.05) is 13.7 Å². The second-order valence-corrected chi connectivity index (χ2v) is 33.4. The summed E-state index contributed by atoms with van der Waals surface area (Å²) in [6, 6.07) is 3.47. The second-order valence-electron chi connectivity index (χ2n) is 28.5. The number of rotatable bonds is 9. The van der Waals surface area contributed by atoms with Gasteiger partial charge in [-0.25, -0.2) is 0 Å². The van der Waals surface area contributed by atoms with Crippen LogP contribution in [0.15, 0.2) is 0 Å². The van der Waals surface area contributed by atoms with Gasteiger partial charge in [-0.1, -0.05) is 119 Å². The van der Waals surface area contributed by atoms with E-state index >= 15 is 0 Å². The lowest BCUT2D eigenvalue weighted by Crippen LogP contribution is -2.54. The molecule has 0 aromatic heterocycles. The molecule has 0 N–H and O–H groups in total. The molecule has 1 aliphatic heterocycles. The van der Waals surface area contributed by atoms with Crippen molar-refractivity contribution in [1.82, 2.24) is 4.90 Å². The van der Waals surface area contributed by atoms with Gasteiger partial charge in [-0.15, -0.1) is 0 Å². The molecule has 0 bridgehead atoms. The Balaban J connectivity index is 1.14. The molecule has 16 unspecified atom stereocenters. The maximum Gasteiger partial charge on any atom is 0.0598 e. The first-order valence-electron chi connectivity index (χ1n) is 27.0. The van der Waals surface area contributed by atoms with Crippen LogP contribution in [0.5, 0.6) is 0 Å². The summed E-state index contributed by atoms with van der Waals surface area (Å²) in [5.41, 5.74) is 4.18. The summed E-state index contributed by atoms with van der Waals surface area (Å²) < 4.78 is 6.28. The quantitative estimate of drug-likeness (QED) is 0.170. The van der Waals surface area contributed by atoms with Crippen molar-refractivity contribution < 1.29 is 4.74 Å². The first kappa shape index (κ1) is 44.3. The molecule has 8 saturated carbocycles. The molecule has 9 fully saturated rings. The van der Waals surface area contributed by atoms with E-state index < -0.39 is 8.07 Å². The molecule has 59 heavy (non-hydrogen) atoms. The van der Waals surface area contributed by atoms with Crippen molar-refractivity contribution in [3.63, 3.8) is 0 Å². The Bertz CT molecular complexity index is 1430. The molecule has 3 heteroatoms. The molecule has 0 aromatic rings. The second kappa shape index (κ2) is 15.6. The Labute approximate surface area is 368 Å². The van der Waals surface area contributed by atoms with E-state index in [1.165, 1.54) is 83.5 Å². The van der Waals surface area contributed by atoms with Crippen LogP contribution >= 0.6 is 0 Å². The van der Waals surface area contributed by atoms with Gasteiger partial charge in [0.25, 0.3) is 0 Å². The van der Waals surface area contributed by atoms with E-state index in [1.807, 2.05) is 0 Å². The average molecular weight is 830 g/mol. The Morgan fingerprint density at radius 2 is 0.966 bits per heavy atom. The van der Waals surface area contributed by atoms with Crippen LogP contribution in [0.1, 0.15) is 205 Å². The molecule has 2 nitrogen and oxygen atoms in total. The number of likely N-dealkylation sites (tertiary alicyclic amines) is 1. The minimum atomic E-state index is -1.83. The molecule has 0 aromatic carbocycles. The lowest BCUT2D eigenvalue weighted by molar-refractivity contribution is -0.0969. The maximum atomic E-state index is 6.28. The minimum absolute atomic E-state index is 0.00968. The van der Waals surface area contributed by atoms with Crippen molar-refractivity contribution in [2.45, 2.75) is 246 Å². The van der Waals surface area contributed by atoms with Gasteiger partial charge in [0.05, 0.1) is 13.7 Å².